The van der Waals surface area contributed by atoms with Crippen LogP contribution < -0.4 is 15.4 Å². The maximum absolute atomic E-state index is 12.0. The summed E-state index contributed by atoms with van der Waals surface area (Å²) in [6.45, 7) is 6.43. The molecule has 0 spiro atoms. The number of amides is 1. The van der Waals surface area contributed by atoms with E-state index in [0.29, 0.717) is 12.3 Å². The topological polar surface area (TPSA) is 63.2 Å². The van der Waals surface area contributed by atoms with Gasteiger partial charge in [0.1, 0.15) is 11.4 Å². The highest BCUT2D eigenvalue weighted by Gasteiger charge is 2.09. The van der Waals surface area contributed by atoms with Crippen molar-refractivity contribution < 1.29 is 9.53 Å². The molecule has 0 radical (unpaired) electrons. The summed E-state index contributed by atoms with van der Waals surface area (Å²) in [5.74, 6) is 0.658. The van der Waals surface area contributed by atoms with Gasteiger partial charge in [0.15, 0.2) is 0 Å². The molecule has 0 fully saturated rings. The maximum Gasteiger partial charge on any atom is 0.270 e. The van der Waals surface area contributed by atoms with Crippen molar-refractivity contribution >= 4 is 17.3 Å². The molecule has 2 N–H and O–H groups in total. The summed E-state index contributed by atoms with van der Waals surface area (Å²) in [6, 6.07) is 11.3. The normalized spacial score (nSPS) is 10.4. The molecule has 0 aliphatic carbocycles. The lowest BCUT2D eigenvalue weighted by Gasteiger charge is -2.10. The van der Waals surface area contributed by atoms with Gasteiger partial charge in [-0.1, -0.05) is 0 Å². The molecule has 2 aromatic rings. The Balaban J connectivity index is 2.08. The summed E-state index contributed by atoms with van der Waals surface area (Å²) in [7, 11) is 0. The summed E-state index contributed by atoms with van der Waals surface area (Å²) < 4.78 is 5.41. The predicted molar refractivity (Wildman–Crippen MR) is 87.7 cm³/mol. The Morgan fingerprint density at radius 3 is 2.55 bits per heavy atom. The molecule has 2 rings (SSSR count). The van der Waals surface area contributed by atoms with E-state index in [1.807, 2.05) is 51.1 Å². The molecule has 22 heavy (non-hydrogen) atoms. The van der Waals surface area contributed by atoms with E-state index >= 15 is 0 Å². The SMILES string of the molecule is CCOc1ccc(Nc2ccnc(C(=O)NC(C)C)c2)cc1. The first-order chi connectivity index (χ1) is 10.6. The number of hydrogen-bond donors (Lipinski definition) is 2. The fourth-order valence-electron chi connectivity index (χ4n) is 1.94. The van der Waals surface area contributed by atoms with Crippen LogP contribution in [0.25, 0.3) is 0 Å². The molecule has 1 aromatic carbocycles. The Hall–Kier alpha value is -2.56. The third kappa shape index (κ3) is 4.48. The van der Waals surface area contributed by atoms with Crippen LogP contribution in [0.3, 0.4) is 0 Å². The first-order valence-corrected chi connectivity index (χ1v) is 7.35. The quantitative estimate of drug-likeness (QED) is 0.858. The van der Waals surface area contributed by atoms with Crippen molar-refractivity contribution in [2.75, 3.05) is 11.9 Å². The maximum atomic E-state index is 12.0. The fourth-order valence-corrected chi connectivity index (χ4v) is 1.94. The smallest absolute Gasteiger partial charge is 0.270 e. The van der Waals surface area contributed by atoms with Crippen molar-refractivity contribution in [3.05, 3.63) is 48.3 Å². The van der Waals surface area contributed by atoms with Gasteiger partial charge in [-0.15, -0.1) is 0 Å². The zero-order valence-corrected chi connectivity index (χ0v) is 13.1. The third-order valence-corrected chi connectivity index (χ3v) is 2.87. The first kappa shape index (κ1) is 15.8. The highest BCUT2D eigenvalue weighted by molar-refractivity contribution is 5.93. The second-order valence-electron chi connectivity index (χ2n) is 5.14. The summed E-state index contributed by atoms with van der Waals surface area (Å²) in [4.78, 5) is 16.1. The molecular formula is C17H21N3O2. The minimum atomic E-state index is -0.176. The number of hydrogen-bond acceptors (Lipinski definition) is 4. The van der Waals surface area contributed by atoms with Crippen LogP contribution in [-0.2, 0) is 0 Å². The second-order valence-corrected chi connectivity index (χ2v) is 5.14. The lowest BCUT2D eigenvalue weighted by molar-refractivity contribution is 0.0938. The molecule has 0 unspecified atom stereocenters. The van der Waals surface area contributed by atoms with Gasteiger partial charge in [0, 0.05) is 23.6 Å². The van der Waals surface area contributed by atoms with Crippen molar-refractivity contribution in [2.24, 2.45) is 0 Å². The Bertz CT molecular complexity index is 624. The predicted octanol–water partition coefficient (Wildman–Crippen LogP) is 3.36. The number of rotatable bonds is 6. The zero-order chi connectivity index (χ0) is 15.9. The van der Waals surface area contributed by atoms with E-state index in [2.05, 4.69) is 15.6 Å². The second kappa shape index (κ2) is 7.45. The number of pyridine rings is 1. The zero-order valence-electron chi connectivity index (χ0n) is 13.1. The Kier molecular flexibility index (Phi) is 5.36. The Morgan fingerprint density at radius 1 is 1.18 bits per heavy atom. The number of carbonyl (C=O) groups excluding carboxylic acids is 1. The van der Waals surface area contributed by atoms with E-state index in [-0.39, 0.29) is 11.9 Å². The van der Waals surface area contributed by atoms with E-state index in [4.69, 9.17) is 4.74 Å². The van der Waals surface area contributed by atoms with Crippen molar-refractivity contribution in [1.29, 1.82) is 0 Å². The van der Waals surface area contributed by atoms with Crippen LogP contribution in [0.2, 0.25) is 0 Å². The number of nitrogens with zero attached hydrogens (tertiary/aromatic N) is 1. The van der Waals surface area contributed by atoms with Crippen LogP contribution in [0, 0.1) is 0 Å². The molecule has 5 heteroatoms. The summed E-state index contributed by atoms with van der Waals surface area (Å²) in [5.41, 5.74) is 2.13. The van der Waals surface area contributed by atoms with Crippen LogP contribution in [0.4, 0.5) is 11.4 Å². The van der Waals surface area contributed by atoms with Gasteiger partial charge in [0.25, 0.3) is 5.91 Å². The van der Waals surface area contributed by atoms with E-state index in [1.165, 1.54) is 0 Å². The van der Waals surface area contributed by atoms with Crippen molar-refractivity contribution in [2.45, 2.75) is 26.8 Å². The summed E-state index contributed by atoms with van der Waals surface area (Å²) >= 11 is 0. The summed E-state index contributed by atoms with van der Waals surface area (Å²) in [6.07, 6.45) is 1.62. The van der Waals surface area contributed by atoms with Gasteiger partial charge in [-0.3, -0.25) is 9.78 Å². The van der Waals surface area contributed by atoms with Gasteiger partial charge in [-0.25, -0.2) is 0 Å². The summed E-state index contributed by atoms with van der Waals surface area (Å²) in [5, 5.41) is 6.07. The third-order valence-electron chi connectivity index (χ3n) is 2.87. The average molecular weight is 299 g/mol. The number of ether oxygens (including phenoxy) is 1. The van der Waals surface area contributed by atoms with Crippen LogP contribution in [0.5, 0.6) is 5.75 Å². The molecule has 0 saturated carbocycles. The van der Waals surface area contributed by atoms with Gasteiger partial charge in [-0.05, 0) is 57.2 Å². The van der Waals surface area contributed by atoms with Gasteiger partial charge in [0.2, 0.25) is 0 Å². The molecule has 5 nitrogen and oxygen atoms in total. The molecule has 1 aromatic heterocycles. The average Bonchev–Trinajstić information content (AvgIpc) is 2.49. The molecule has 0 bridgehead atoms. The number of benzene rings is 1. The van der Waals surface area contributed by atoms with Crippen molar-refractivity contribution in [3.63, 3.8) is 0 Å². The highest BCUT2D eigenvalue weighted by atomic mass is 16.5. The van der Waals surface area contributed by atoms with E-state index in [0.717, 1.165) is 17.1 Å². The van der Waals surface area contributed by atoms with Crippen LogP contribution in [0.15, 0.2) is 42.6 Å². The van der Waals surface area contributed by atoms with Crippen LogP contribution in [-0.4, -0.2) is 23.5 Å². The van der Waals surface area contributed by atoms with E-state index in [1.54, 1.807) is 12.3 Å². The van der Waals surface area contributed by atoms with Crippen LogP contribution in [0.1, 0.15) is 31.3 Å². The highest BCUT2D eigenvalue weighted by Crippen LogP contribution is 2.20. The largest absolute Gasteiger partial charge is 0.494 e. The molecule has 0 aliphatic rings. The minimum Gasteiger partial charge on any atom is -0.494 e. The molecule has 1 amide bonds. The number of carbonyl (C=O) groups is 1. The lowest BCUT2D eigenvalue weighted by Crippen LogP contribution is -2.30. The monoisotopic (exact) mass is 299 g/mol. The van der Waals surface area contributed by atoms with Gasteiger partial charge >= 0.3 is 0 Å². The molecule has 116 valence electrons. The fraction of sp³-hybridized carbons (Fsp3) is 0.294. The number of anilines is 2. The van der Waals surface area contributed by atoms with Crippen LogP contribution >= 0.6 is 0 Å². The minimum absolute atomic E-state index is 0.0806. The molecule has 0 aliphatic heterocycles. The van der Waals surface area contributed by atoms with E-state index in [9.17, 15) is 4.79 Å². The Morgan fingerprint density at radius 2 is 1.91 bits per heavy atom. The Labute approximate surface area is 130 Å². The molecule has 0 atom stereocenters. The van der Waals surface area contributed by atoms with Gasteiger partial charge in [0.05, 0.1) is 6.61 Å². The molecule has 0 saturated heterocycles. The number of nitrogens with one attached hydrogen (secondary N) is 2. The first-order valence-electron chi connectivity index (χ1n) is 7.35. The molecular weight excluding hydrogens is 278 g/mol. The van der Waals surface area contributed by atoms with Crippen molar-refractivity contribution in [3.8, 4) is 5.75 Å². The van der Waals surface area contributed by atoms with E-state index < -0.39 is 0 Å². The van der Waals surface area contributed by atoms with Gasteiger partial charge < -0.3 is 15.4 Å². The number of aromatic nitrogens is 1. The van der Waals surface area contributed by atoms with Gasteiger partial charge in [-0.2, -0.15) is 0 Å². The standard InChI is InChI=1S/C17H21N3O2/c1-4-22-15-7-5-13(6-8-15)20-14-9-10-18-16(11-14)17(21)19-12(2)3/h5-12H,4H2,1-3H3,(H,18,20)(H,19,21). The van der Waals surface area contributed by atoms with Crippen molar-refractivity contribution in [1.82, 2.24) is 10.3 Å². The lowest BCUT2D eigenvalue weighted by atomic mass is 10.2. The molecule has 1 heterocycles.